The molecule has 0 saturated carbocycles. The Bertz CT molecular complexity index is 469. The number of hydrogen-bond donors (Lipinski definition) is 2. The summed E-state index contributed by atoms with van der Waals surface area (Å²) < 4.78 is 22.9. The highest BCUT2D eigenvalue weighted by atomic mass is 32.2. The number of nitrogens with two attached hydrogens (primary N) is 1. The lowest BCUT2D eigenvalue weighted by Crippen LogP contribution is -2.14. The zero-order valence-corrected chi connectivity index (χ0v) is 8.57. The fourth-order valence-corrected chi connectivity index (χ4v) is 1.97. The molecule has 0 aliphatic heterocycles. The fraction of sp³-hybridized carbons (Fsp3) is 0.250. The molecule has 82 valence electrons. The molecule has 1 rings (SSSR count). The second-order valence-electron chi connectivity index (χ2n) is 2.82. The third-order valence-corrected chi connectivity index (χ3v) is 3.38. The molecule has 0 aromatic carbocycles. The Morgan fingerprint density at radius 2 is 2.13 bits per heavy atom. The molecule has 0 radical (unpaired) electrons. The highest BCUT2D eigenvalue weighted by molar-refractivity contribution is 7.91. The van der Waals surface area contributed by atoms with Crippen molar-refractivity contribution in [1.82, 2.24) is 4.98 Å². The van der Waals surface area contributed by atoms with Crippen LogP contribution in [0.1, 0.15) is 10.4 Å². The minimum Gasteiger partial charge on any atom is -0.395 e. The van der Waals surface area contributed by atoms with Gasteiger partial charge < -0.3 is 10.8 Å². The van der Waals surface area contributed by atoms with Crippen molar-refractivity contribution in [3.8, 4) is 0 Å². The van der Waals surface area contributed by atoms with E-state index in [1.807, 2.05) is 0 Å². The predicted molar refractivity (Wildman–Crippen MR) is 51.9 cm³/mol. The van der Waals surface area contributed by atoms with Crippen molar-refractivity contribution in [2.45, 2.75) is 4.90 Å². The number of rotatable bonds is 4. The first-order valence-electron chi connectivity index (χ1n) is 4.06. The van der Waals surface area contributed by atoms with Crippen LogP contribution in [0.5, 0.6) is 0 Å². The highest BCUT2D eigenvalue weighted by Gasteiger charge is 2.15. The number of carbonyl (C=O) groups excluding carboxylic acids is 1. The Kier molecular flexibility index (Phi) is 3.38. The molecule has 0 saturated heterocycles. The standard InChI is InChI=1S/C8H10N2O4S/c9-8(12)6-3-7(5-10-4-6)15(13,14)2-1-11/h3-5,11H,1-2H2,(H2,9,12). The second kappa shape index (κ2) is 4.37. The van der Waals surface area contributed by atoms with Gasteiger partial charge in [-0.2, -0.15) is 0 Å². The van der Waals surface area contributed by atoms with Gasteiger partial charge in [-0.05, 0) is 6.07 Å². The van der Waals surface area contributed by atoms with Crippen LogP contribution in [0.2, 0.25) is 0 Å². The topological polar surface area (TPSA) is 110 Å². The molecule has 7 heteroatoms. The third kappa shape index (κ3) is 2.74. The van der Waals surface area contributed by atoms with Crippen LogP contribution in [0.15, 0.2) is 23.4 Å². The van der Waals surface area contributed by atoms with Gasteiger partial charge in [-0.3, -0.25) is 9.78 Å². The molecule has 0 unspecified atom stereocenters. The van der Waals surface area contributed by atoms with Gasteiger partial charge >= 0.3 is 0 Å². The summed E-state index contributed by atoms with van der Waals surface area (Å²) >= 11 is 0. The molecule has 1 heterocycles. The Hall–Kier alpha value is -1.47. The Morgan fingerprint density at radius 3 is 2.67 bits per heavy atom. The van der Waals surface area contributed by atoms with Crippen LogP contribution in [0.3, 0.4) is 0 Å². The highest BCUT2D eigenvalue weighted by Crippen LogP contribution is 2.10. The van der Waals surface area contributed by atoms with E-state index in [4.69, 9.17) is 10.8 Å². The first-order valence-corrected chi connectivity index (χ1v) is 5.71. The van der Waals surface area contributed by atoms with Gasteiger partial charge in [0.05, 0.1) is 22.8 Å². The summed E-state index contributed by atoms with van der Waals surface area (Å²) in [6, 6.07) is 1.14. The lowest BCUT2D eigenvalue weighted by atomic mass is 10.3. The van der Waals surface area contributed by atoms with E-state index in [1.165, 1.54) is 6.20 Å². The number of nitrogens with zero attached hydrogens (tertiary/aromatic N) is 1. The van der Waals surface area contributed by atoms with Crippen molar-refractivity contribution in [3.63, 3.8) is 0 Å². The molecule has 3 N–H and O–H groups in total. The first-order chi connectivity index (χ1) is 6.97. The Morgan fingerprint density at radius 1 is 1.47 bits per heavy atom. The summed E-state index contributed by atoms with van der Waals surface area (Å²) in [6.07, 6.45) is 2.29. The number of aromatic nitrogens is 1. The average molecular weight is 230 g/mol. The van der Waals surface area contributed by atoms with Crippen LogP contribution in [0, 0.1) is 0 Å². The third-order valence-electron chi connectivity index (χ3n) is 1.72. The maximum absolute atomic E-state index is 11.5. The number of amides is 1. The summed E-state index contributed by atoms with van der Waals surface area (Å²) in [5.74, 6) is -1.15. The van der Waals surface area contributed by atoms with Gasteiger partial charge in [-0.15, -0.1) is 0 Å². The minimum atomic E-state index is -3.59. The maximum atomic E-state index is 11.5. The molecule has 0 aliphatic carbocycles. The molecule has 6 nitrogen and oxygen atoms in total. The summed E-state index contributed by atoms with van der Waals surface area (Å²) in [6.45, 7) is -0.483. The Labute approximate surface area is 86.7 Å². The molecule has 1 aromatic rings. The van der Waals surface area contributed by atoms with Crippen molar-refractivity contribution in [2.75, 3.05) is 12.4 Å². The first kappa shape index (κ1) is 11.6. The molecule has 1 aromatic heterocycles. The number of primary amides is 1. The molecule has 1 amide bonds. The van der Waals surface area contributed by atoms with Crippen molar-refractivity contribution >= 4 is 15.7 Å². The van der Waals surface area contributed by atoms with Gasteiger partial charge in [0.15, 0.2) is 9.84 Å². The lowest BCUT2D eigenvalue weighted by molar-refractivity contribution is 0.0999. The van der Waals surface area contributed by atoms with Crippen LogP contribution in [-0.4, -0.2) is 36.8 Å². The quantitative estimate of drug-likeness (QED) is 0.685. The van der Waals surface area contributed by atoms with Gasteiger partial charge in [0.25, 0.3) is 0 Å². The molecule has 0 aliphatic rings. The van der Waals surface area contributed by atoms with E-state index >= 15 is 0 Å². The van der Waals surface area contributed by atoms with Crippen LogP contribution in [0.4, 0.5) is 0 Å². The number of hydrogen-bond acceptors (Lipinski definition) is 5. The van der Waals surface area contributed by atoms with E-state index in [1.54, 1.807) is 0 Å². The van der Waals surface area contributed by atoms with Crippen molar-refractivity contribution in [1.29, 1.82) is 0 Å². The molecule has 0 fully saturated rings. The minimum absolute atomic E-state index is 0.0222. The molecule has 0 spiro atoms. The van der Waals surface area contributed by atoms with Crippen LogP contribution in [0.25, 0.3) is 0 Å². The molecule has 0 bridgehead atoms. The monoisotopic (exact) mass is 230 g/mol. The van der Waals surface area contributed by atoms with Gasteiger partial charge in [-0.1, -0.05) is 0 Å². The zero-order chi connectivity index (χ0) is 11.5. The van der Waals surface area contributed by atoms with Crippen molar-refractivity contribution in [3.05, 3.63) is 24.0 Å². The van der Waals surface area contributed by atoms with Gasteiger partial charge in [0, 0.05) is 12.4 Å². The van der Waals surface area contributed by atoms with Gasteiger partial charge in [-0.25, -0.2) is 8.42 Å². The van der Waals surface area contributed by atoms with E-state index in [-0.39, 0.29) is 10.5 Å². The SMILES string of the molecule is NC(=O)c1cncc(S(=O)(=O)CCO)c1. The zero-order valence-electron chi connectivity index (χ0n) is 7.75. The largest absolute Gasteiger partial charge is 0.395 e. The van der Waals surface area contributed by atoms with Crippen LogP contribution < -0.4 is 5.73 Å². The van der Waals surface area contributed by atoms with Crippen LogP contribution in [-0.2, 0) is 9.84 Å². The van der Waals surface area contributed by atoms with E-state index in [0.717, 1.165) is 12.3 Å². The molecular weight excluding hydrogens is 220 g/mol. The van der Waals surface area contributed by atoms with Gasteiger partial charge in [0.1, 0.15) is 0 Å². The number of sulfone groups is 1. The number of aliphatic hydroxyl groups is 1. The van der Waals surface area contributed by atoms with Gasteiger partial charge in [0.2, 0.25) is 5.91 Å². The van der Waals surface area contributed by atoms with E-state index < -0.39 is 28.1 Å². The number of aliphatic hydroxyl groups excluding tert-OH is 1. The van der Waals surface area contributed by atoms with E-state index in [0.29, 0.717) is 0 Å². The van der Waals surface area contributed by atoms with E-state index in [9.17, 15) is 13.2 Å². The lowest BCUT2D eigenvalue weighted by Gasteiger charge is -2.02. The summed E-state index contributed by atoms with van der Waals surface area (Å²) in [5.41, 5.74) is 5.00. The number of carbonyl (C=O) groups is 1. The van der Waals surface area contributed by atoms with Crippen molar-refractivity contribution in [2.24, 2.45) is 5.73 Å². The normalized spacial score (nSPS) is 11.3. The second-order valence-corrected chi connectivity index (χ2v) is 4.93. The molecule has 0 atom stereocenters. The smallest absolute Gasteiger partial charge is 0.250 e. The summed E-state index contributed by atoms with van der Waals surface area (Å²) in [7, 11) is -3.59. The summed E-state index contributed by atoms with van der Waals surface area (Å²) in [5, 5.41) is 8.55. The predicted octanol–water partition coefficient (Wildman–Crippen LogP) is -1.05. The summed E-state index contributed by atoms with van der Waals surface area (Å²) in [4.78, 5) is 14.3. The Balaban J connectivity index is 3.16. The van der Waals surface area contributed by atoms with Crippen LogP contribution >= 0.6 is 0 Å². The van der Waals surface area contributed by atoms with Crippen molar-refractivity contribution < 1.29 is 18.3 Å². The number of pyridine rings is 1. The average Bonchev–Trinajstić information content (AvgIpc) is 2.18. The molecular formula is C8H10N2O4S. The molecule has 15 heavy (non-hydrogen) atoms. The van der Waals surface area contributed by atoms with E-state index in [2.05, 4.69) is 4.98 Å². The maximum Gasteiger partial charge on any atom is 0.250 e. The fourth-order valence-electron chi connectivity index (χ4n) is 0.962.